The number of hydrogen-bond acceptors (Lipinski definition) is 2. The Labute approximate surface area is 125 Å². The second kappa shape index (κ2) is 6.00. The minimum Gasteiger partial charge on any atom is -0.493 e. The van der Waals surface area contributed by atoms with Crippen molar-refractivity contribution >= 4 is 5.91 Å². The number of fused-ring (bicyclic) bond motifs is 1. The van der Waals surface area contributed by atoms with Crippen LogP contribution in [-0.2, 0) is 13.0 Å². The lowest BCUT2D eigenvalue weighted by Crippen LogP contribution is -2.30. The number of rotatable bonds is 4. The van der Waals surface area contributed by atoms with Gasteiger partial charge in [0.15, 0.2) is 0 Å². The summed E-state index contributed by atoms with van der Waals surface area (Å²) >= 11 is 0. The molecule has 0 radical (unpaired) electrons. The second-order valence-electron chi connectivity index (χ2n) is 5.23. The number of benzene rings is 2. The molecule has 0 N–H and O–H groups in total. The number of amides is 1. The third-order valence-electron chi connectivity index (χ3n) is 3.82. The summed E-state index contributed by atoms with van der Waals surface area (Å²) in [7, 11) is 0. The Morgan fingerprint density at radius 1 is 1.19 bits per heavy atom. The number of ether oxygens (including phenoxy) is 1. The molecule has 0 saturated carbocycles. The number of nitrogens with zero attached hydrogens (tertiary/aromatic N) is 1. The summed E-state index contributed by atoms with van der Waals surface area (Å²) in [6.07, 6.45) is 0.890. The highest BCUT2D eigenvalue weighted by Crippen LogP contribution is 2.26. The van der Waals surface area contributed by atoms with Gasteiger partial charge < -0.3 is 9.64 Å². The summed E-state index contributed by atoms with van der Waals surface area (Å²) in [6, 6.07) is 15.8. The lowest BCUT2D eigenvalue weighted by Gasteiger charge is -2.21. The minimum absolute atomic E-state index is 0.0797. The molecule has 3 heteroatoms. The van der Waals surface area contributed by atoms with Crippen molar-refractivity contribution in [1.29, 1.82) is 0 Å². The van der Waals surface area contributed by atoms with Gasteiger partial charge in [0.2, 0.25) is 0 Å². The molecule has 0 aliphatic carbocycles. The Morgan fingerprint density at radius 2 is 2.00 bits per heavy atom. The summed E-state index contributed by atoms with van der Waals surface area (Å²) in [5.74, 6) is 0.994. The average Bonchev–Trinajstić information content (AvgIpc) is 3.00. The van der Waals surface area contributed by atoms with Gasteiger partial charge in [0.25, 0.3) is 5.91 Å². The van der Waals surface area contributed by atoms with Crippen LogP contribution in [0.5, 0.6) is 5.75 Å². The van der Waals surface area contributed by atoms with Crippen LogP contribution in [0, 0.1) is 0 Å². The van der Waals surface area contributed by atoms with Gasteiger partial charge in [-0.15, -0.1) is 0 Å². The molecule has 1 heterocycles. The van der Waals surface area contributed by atoms with Gasteiger partial charge in [-0.05, 0) is 36.2 Å². The van der Waals surface area contributed by atoms with E-state index in [0.717, 1.165) is 28.9 Å². The first-order valence-electron chi connectivity index (χ1n) is 7.37. The largest absolute Gasteiger partial charge is 0.493 e. The van der Waals surface area contributed by atoms with Gasteiger partial charge >= 0.3 is 0 Å². The molecule has 0 bridgehead atoms. The van der Waals surface area contributed by atoms with Crippen molar-refractivity contribution in [2.24, 2.45) is 0 Å². The molecule has 0 unspecified atom stereocenters. The van der Waals surface area contributed by atoms with Gasteiger partial charge in [-0.2, -0.15) is 0 Å². The summed E-state index contributed by atoms with van der Waals surface area (Å²) in [5.41, 5.74) is 3.03. The number of carbonyl (C=O) groups excluding carboxylic acids is 1. The maximum absolute atomic E-state index is 12.7. The molecule has 21 heavy (non-hydrogen) atoms. The van der Waals surface area contributed by atoms with Gasteiger partial charge in [-0.1, -0.05) is 30.3 Å². The molecule has 0 atom stereocenters. The van der Waals surface area contributed by atoms with Crippen LogP contribution in [0.4, 0.5) is 0 Å². The molecular formula is C18H19NO2. The fourth-order valence-electron chi connectivity index (χ4n) is 2.63. The second-order valence-corrected chi connectivity index (χ2v) is 5.23. The van der Waals surface area contributed by atoms with Crippen LogP contribution in [-0.4, -0.2) is 24.0 Å². The third kappa shape index (κ3) is 2.92. The molecule has 0 saturated heterocycles. The first-order valence-corrected chi connectivity index (χ1v) is 7.37. The van der Waals surface area contributed by atoms with E-state index in [9.17, 15) is 4.79 Å². The van der Waals surface area contributed by atoms with Crippen LogP contribution < -0.4 is 4.74 Å². The molecular weight excluding hydrogens is 262 g/mol. The lowest BCUT2D eigenvalue weighted by atomic mass is 10.1. The Morgan fingerprint density at radius 3 is 2.76 bits per heavy atom. The molecule has 108 valence electrons. The van der Waals surface area contributed by atoms with Crippen LogP contribution in [0.25, 0.3) is 0 Å². The van der Waals surface area contributed by atoms with Crippen molar-refractivity contribution in [3.05, 3.63) is 65.2 Å². The summed E-state index contributed by atoms with van der Waals surface area (Å²) < 4.78 is 5.49. The molecule has 3 nitrogen and oxygen atoms in total. The van der Waals surface area contributed by atoms with E-state index in [1.54, 1.807) is 0 Å². The van der Waals surface area contributed by atoms with Crippen LogP contribution in [0.2, 0.25) is 0 Å². The Kier molecular flexibility index (Phi) is 3.91. The molecule has 1 aliphatic rings. The first kappa shape index (κ1) is 13.7. The highest BCUT2D eigenvalue weighted by atomic mass is 16.5. The molecule has 1 amide bonds. The SMILES string of the molecule is CCN(Cc1ccccc1)C(=O)c1ccc2c(c1)CCO2. The van der Waals surface area contributed by atoms with Crippen LogP contribution in [0.3, 0.4) is 0 Å². The topological polar surface area (TPSA) is 29.5 Å². The molecule has 2 aromatic rings. The van der Waals surface area contributed by atoms with Crippen molar-refractivity contribution in [3.63, 3.8) is 0 Å². The highest BCUT2D eigenvalue weighted by molar-refractivity contribution is 5.94. The van der Waals surface area contributed by atoms with Crippen molar-refractivity contribution < 1.29 is 9.53 Å². The summed E-state index contributed by atoms with van der Waals surface area (Å²) in [6.45, 7) is 4.07. The third-order valence-corrected chi connectivity index (χ3v) is 3.82. The van der Waals surface area contributed by atoms with E-state index in [1.807, 2.05) is 60.4 Å². The fraction of sp³-hybridized carbons (Fsp3) is 0.278. The molecule has 0 spiro atoms. The highest BCUT2D eigenvalue weighted by Gasteiger charge is 2.18. The van der Waals surface area contributed by atoms with Crippen molar-refractivity contribution in [3.8, 4) is 5.75 Å². The lowest BCUT2D eigenvalue weighted by molar-refractivity contribution is 0.0752. The van der Waals surface area contributed by atoms with Crippen molar-refractivity contribution in [2.75, 3.05) is 13.2 Å². The van der Waals surface area contributed by atoms with E-state index in [-0.39, 0.29) is 5.91 Å². The number of hydrogen-bond donors (Lipinski definition) is 0. The zero-order chi connectivity index (χ0) is 14.7. The predicted octanol–water partition coefficient (Wildman–Crippen LogP) is 3.28. The Bertz CT molecular complexity index is 637. The average molecular weight is 281 g/mol. The standard InChI is InChI=1S/C18H19NO2/c1-2-19(13-14-6-4-3-5-7-14)18(20)16-8-9-17-15(12-16)10-11-21-17/h3-9,12H,2,10-11,13H2,1H3. The van der Waals surface area contributed by atoms with Crippen molar-refractivity contribution in [1.82, 2.24) is 4.90 Å². The van der Waals surface area contributed by atoms with E-state index in [1.165, 1.54) is 0 Å². The quantitative estimate of drug-likeness (QED) is 0.860. The van der Waals surface area contributed by atoms with E-state index in [4.69, 9.17) is 4.74 Å². The van der Waals surface area contributed by atoms with Crippen molar-refractivity contribution in [2.45, 2.75) is 19.9 Å². The normalized spacial score (nSPS) is 12.6. The van der Waals surface area contributed by atoms with Crippen LogP contribution in [0.15, 0.2) is 48.5 Å². The van der Waals surface area contributed by atoms with E-state index in [2.05, 4.69) is 0 Å². The number of carbonyl (C=O) groups is 1. The summed E-state index contributed by atoms with van der Waals surface area (Å²) in [4.78, 5) is 14.5. The maximum atomic E-state index is 12.7. The van der Waals surface area contributed by atoms with E-state index in [0.29, 0.717) is 19.7 Å². The smallest absolute Gasteiger partial charge is 0.254 e. The molecule has 0 aromatic heterocycles. The molecule has 3 rings (SSSR count). The van der Waals surface area contributed by atoms with Gasteiger partial charge in [0.1, 0.15) is 5.75 Å². The Balaban J connectivity index is 1.79. The molecule has 2 aromatic carbocycles. The van der Waals surface area contributed by atoms with Gasteiger partial charge in [0, 0.05) is 25.1 Å². The minimum atomic E-state index is 0.0797. The van der Waals surface area contributed by atoms with Gasteiger partial charge in [0.05, 0.1) is 6.61 Å². The van der Waals surface area contributed by atoms with Crippen LogP contribution in [0.1, 0.15) is 28.4 Å². The molecule has 1 aliphatic heterocycles. The van der Waals surface area contributed by atoms with E-state index < -0.39 is 0 Å². The Hall–Kier alpha value is -2.29. The monoisotopic (exact) mass is 281 g/mol. The molecule has 0 fully saturated rings. The zero-order valence-electron chi connectivity index (χ0n) is 12.2. The maximum Gasteiger partial charge on any atom is 0.254 e. The predicted molar refractivity (Wildman–Crippen MR) is 82.5 cm³/mol. The first-order chi connectivity index (χ1) is 10.3. The van der Waals surface area contributed by atoms with Gasteiger partial charge in [-0.3, -0.25) is 4.79 Å². The summed E-state index contributed by atoms with van der Waals surface area (Å²) in [5, 5.41) is 0. The van der Waals surface area contributed by atoms with Crippen LogP contribution >= 0.6 is 0 Å². The fourth-order valence-corrected chi connectivity index (χ4v) is 2.63. The van der Waals surface area contributed by atoms with Gasteiger partial charge in [-0.25, -0.2) is 0 Å². The zero-order valence-corrected chi connectivity index (χ0v) is 12.2. The van der Waals surface area contributed by atoms with E-state index >= 15 is 0 Å².